The van der Waals surface area contributed by atoms with Crippen LogP contribution in [0.25, 0.3) is 0 Å². The lowest BCUT2D eigenvalue weighted by Gasteiger charge is -2.10. The predicted molar refractivity (Wildman–Crippen MR) is 78.0 cm³/mol. The number of nitrogens with zero attached hydrogens (tertiary/aromatic N) is 2. The number of anilines is 1. The van der Waals surface area contributed by atoms with Crippen molar-refractivity contribution in [3.05, 3.63) is 63.0 Å². The number of nitrogens with one attached hydrogen (secondary N) is 1. The Balaban J connectivity index is 2.04. The van der Waals surface area contributed by atoms with E-state index in [1.807, 2.05) is 18.2 Å². The normalized spacial score (nSPS) is 9.89. The summed E-state index contributed by atoms with van der Waals surface area (Å²) >= 11 is 3.37. The lowest BCUT2D eigenvalue weighted by atomic mass is 10.2. The second kappa shape index (κ2) is 6.21. The van der Waals surface area contributed by atoms with Gasteiger partial charge < -0.3 is 9.88 Å². The molecule has 2 rings (SSSR count). The van der Waals surface area contributed by atoms with E-state index in [-0.39, 0.29) is 5.56 Å². The van der Waals surface area contributed by atoms with Crippen molar-refractivity contribution in [3.63, 3.8) is 0 Å². The van der Waals surface area contributed by atoms with Crippen molar-refractivity contribution >= 4 is 21.6 Å². The average molecular weight is 318 g/mol. The number of nitriles is 1. The van der Waals surface area contributed by atoms with Gasteiger partial charge in [-0.05, 0) is 24.3 Å². The first kappa shape index (κ1) is 13.4. The van der Waals surface area contributed by atoms with Gasteiger partial charge in [-0.1, -0.05) is 22.0 Å². The minimum absolute atomic E-state index is 0.0287. The van der Waals surface area contributed by atoms with Crippen LogP contribution in [-0.4, -0.2) is 11.1 Å². The molecule has 0 aliphatic rings. The van der Waals surface area contributed by atoms with E-state index in [1.165, 1.54) is 6.07 Å². The van der Waals surface area contributed by atoms with Gasteiger partial charge in [0, 0.05) is 29.8 Å². The molecule has 5 heteroatoms. The van der Waals surface area contributed by atoms with Crippen LogP contribution in [0.1, 0.15) is 5.56 Å². The highest BCUT2D eigenvalue weighted by atomic mass is 79.9. The molecular weight excluding hydrogens is 306 g/mol. The third kappa shape index (κ3) is 3.46. The number of halogens is 1. The molecule has 1 aromatic carbocycles. The summed E-state index contributed by atoms with van der Waals surface area (Å²) in [6.07, 6.45) is 1.75. The molecule has 0 aliphatic heterocycles. The highest BCUT2D eigenvalue weighted by molar-refractivity contribution is 9.10. The monoisotopic (exact) mass is 317 g/mol. The molecule has 0 unspecified atom stereocenters. The van der Waals surface area contributed by atoms with Crippen LogP contribution in [0.3, 0.4) is 0 Å². The van der Waals surface area contributed by atoms with E-state index < -0.39 is 0 Å². The molecule has 2 aromatic rings. The third-order valence-corrected chi connectivity index (χ3v) is 3.16. The van der Waals surface area contributed by atoms with E-state index in [9.17, 15) is 4.79 Å². The van der Waals surface area contributed by atoms with E-state index >= 15 is 0 Å². The van der Waals surface area contributed by atoms with Gasteiger partial charge in [-0.25, -0.2) is 0 Å². The summed E-state index contributed by atoms with van der Waals surface area (Å²) in [6, 6.07) is 12.6. The van der Waals surface area contributed by atoms with Crippen molar-refractivity contribution < 1.29 is 0 Å². The number of hydrogen-bond donors (Lipinski definition) is 1. The fraction of sp³-hybridized carbons (Fsp3) is 0.143. The van der Waals surface area contributed by atoms with Crippen LogP contribution >= 0.6 is 15.9 Å². The topological polar surface area (TPSA) is 57.8 Å². The Morgan fingerprint density at radius 1 is 1.32 bits per heavy atom. The van der Waals surface area contributed by atoms with E-state index in [4.69, 9.17) is 5.26 Å². The SMILES string of the molecule is N#Cc1ccc(Br)cc1NCCn1ccccc1=O. The molecule has 0 saturated carbocycles. The van der Waals surface area contributed by atoms with Crippen molar-refractivity contribution in [3.8, 4) is 6.07 Å². The standard InChI is InChI=1S/C14H12BrN3O/c15-12-5-4-11(10-16)13(9-12)17-6-8-18-7-2-1-3-14(18)19/h1-5,7,9,17H,6,8H2. The Morgan fingerprint density at radius 2 is 2.16 bits per heavy atom. The van der Waals surface area contributed by atoms with E-state index in [0.717, 1.165) is 10.2 Å². The molecule has 0 saturated heterocycles. The van der Waals surface area contributed by atoms with Gasteiger partial charge in [-0.2, -0.15) is 5.26 Å². The summed E-state index contributed by atoms with van der Waals surface area (Å²) in [5.41, 5.74) is 1.32. The van der Waals surface area contributed by atoms with Gasteiger partial charge in [0.2, 0.25) is 0 Å². The summed E-state index contributed by atoms with van der Waals surface area (Å²) in [5.74, 6) is 0. The molecule has 1 heterocycles. The van der Waals surface area contributed by atoms with Gasteiger partial charge in [-0.3, -0.25) is 4.79 Å². The van der Waals surface area contributed by atoms with E-state index in [0.29, 0.717) is 18.7 Å². The zero-order chi connectivity index (χ0) is 13.7. The van der Waals surface area contributed by atoms with Crippen LogP contribution in [0.4, 0.5) is 5.69 Å². The number of rotatable bonds is 4. The molecule has 0 atom stereocenters. The molecule has 96 valence electrons. The predicted octanol–water partition coefficient (Wildman–Crippen LogP) is 2.59. The molecule has 0 radical (unpaired) electrons. The third-order valence-electron chi connectivity index (χ3n) is 2.67. The van der Waals surface area contributed by atoms with Crippen molar-refractivity contribution in [2.24, 2.45) is 0 Å². The highest BCUT2D eigenvalue weighted by Gasteiger charge is 2.02. The maximum Gasteiger partial charge on any atom is 0.250 e. The maximum absolute atomic E-state index is 11.5. The van der Waals surface area contributed by atoms with Crippen LogP contribution in [0.2, 0.25) is 0 Å². The van der Waals surface area contributed by atoms with E-state index in [1.54, 1.807) is 22.9 Å². The molecule has 0 spiro atoms. The number of aromatic nitrogens is 1. The quantitative estimate of drug-likeness (QED) is 0.943. The molecule has 1 N–H and O–H groups in total. The Labute approximate surface area is 119 Å². The molecule has 4 nitrogen and oxygen atoms in total. The number of pyridine rings is 1. The number of benzene rings is 1. The van der Waals surface area contributed by atoms with Gasteiger partial charge in [0.1, 0.15) is 6.07 Å². The van der Waals surface area contributed by atoms with Crippen molar-refractivity contribution in [1.82, 2.24) is 4.57 Å². The van der Waals surface area contributed by atoms with Gasteiger partial charge >= 0.3 is 0 Å². The second-order valence-electron chi connectivity index (χ2n) is 3.96. The molecule has 0 amide bonds. The van der Waals surface area contributed by atoms with Crippen LogP contribution < -0.4 is 10.9 Å². The summed E-state index contributed by atoms with van der Waals surface area (Å²) < 4.78 is 2.53. The van der Waals surface area contributed by atoms with Gasteiger partial charge in [-0.15, -0.1) is 0 Å². The molecule has 0 bridgehead atoms. The summed E-state index contributed by atoms with van der Waals surface area (Å²) in [7, 11) is 0. The van der Waals surface area contributed by atoms with Gasteiger partial charge in [0.25, 0.3) is 5.56 Å². The molecule has 0 aliphatic carbocycles. The lowest BCUT2D eigenvalue weighted by Crippen LogP contribution is -2.22. The van der Waals surface area contributed by atoms with Crippen molar-refractivity contribution in [2.75, 3.05) is 11.9 Å². The molecular formula is C14H12BrN3O. The highest BCUT2D eigenvalue weighted by Crippen LogP contribution is 2.20. The van der Waals surface area contributed by atoms with Crippen LogP contribution in [0, 0.1) is 11.3 Å². The first-order chi connectivity index (χ1) is 9.20. The summed E-state index contributed by atoms with van der Waals surface area (Å²) in [5, 5.41) is 12.2. The van der Waals surface area contributed by atoms with Crippen LogP contribution in [-0.2, 0) is 6.54 Å². The van der Waals surface area contributed by atoms with Crippen LogP contribution in [0.15, 0.2) is 51.9 Å². The lowest BCUT2D eigenvalue weighted by molar-refractivity contribution is 0.697. The zero-order valence-electron chi connectivity index (χ0n) is 10.1. The Kier molecular flexibility index (Phi) is 4.37. The average Bonchev–Trinajstić information content (AvgIpc) is 2.41. The van der Waals surface area contributed by atoms with Crippen LogP contribution in [0.5, 0.6) is 0 Å². The summed E-state index contributed by atoms with van der Waals surface area (Å²) in [4.78, 5) is 11.5. The fourth-order valence-electron chi connectivity index (χ4n) is 1.72. The van der Waals surface area contributed by atoms with Crippen molar-refractivity contribution in [2.45, 2.75) is 6.54 Å². The maximum atomic E-state index is 11.5. The second-order valence-corrected chi connectivity index (χ2v) is 4.88. The van der Waals surface area contributed by atoms with Gasteiger partial charge in [0.15, 0.2) is 0 Å². The largest absolute Gasteiger partial charge is 0.382 e. The molecule has 19 heavy (non-hydrogen) atoms. The Bertz CT molecular complexity index is 673. The van der Waals surface area contributed by atoms with Gasteiger partial charge in [0.05, 0.1) is 11.3 Å². The minimum atomic E-state index is -0.0287. The summed E-state index contributed by atoms with van der Waals surface area (Å²) in [6.45, 7) is 1.13. The molecule has 0 fully saturated rings. The smallest absolute Gasteiger partial charge is 0.250 e. The fourth-order valence-corrected chi connectivity index (χ4v) is 2.08. The minimum Gasteiger partial charge on any atom is -0.382 e. The Morgan fingerprint density at radius 3 is 2.89 bits per heavy atom. The van der Waals surface area contributed by atoms with E-state index in [2.05, 4.69) is 27.3 Å². The first-order valence-corrected chi connectivity index (χ1v) is 6.59. The number of hydrogen-bond acceptors (Lipinski definition) is 3. The molecule has 1 aromatic heterocycles. The first-order valence-electron chi connectivity index (χ1n) is 5.80. The Hall–Kier alpha value is -2.06. The van der Waals surface area contributed by atoms with Crippen molar-refractivity contribution in [1.29, 1.82) is 5.26 Å². The zero-order valence-corrected chi connectivity index (χ0v) is 11.7.